The molecule has 2 rings (SSSR count). The summed E-state index contributed by atoms with van der Waals surface area (Å²) < 4.78 is 36.9. The van der Waals surface area contributed by atoms with Gasteiger partial charge >= 0.3 is 6.18 Å². The van der Waals surface area contributed by atoms with Crippen molar-refractivity contribution in [3.05, 3.63) is 41.0 Å². The van der Waals surface area contributed by atoms with Gasteiger partial charge in [0.15, 0.2) is 0 Å². The average Bonchev–Trinajstić information content (AvgIpc) is 2.57. The molecule has 2 amide bonds. The highest BCUT2D eigenvalue weighted by atomic mass is 19.4. The minimum atomic E-state index is -4.38. The second-order valence-corrected chi connectivity index (χ2v) is 3.84. The van der Waals surface area contributed by atoms with Crippen molar-refractivity contribution >= 4 is 17.9 Å². The zero-order chi connectivity index (χ0) is 13.3. The third-order valence-electron chi connectivity index (χ3n) is 2.47. The van der Waals surface area contributed by atoms with Crippen molar-refractivity contribution in [3.8, 4) is 0 Å². The van der Waals surface area contributed by atoms with Crippen LogP contribution < -0.4 is 5.32 Å². The van der Waals surface area contributed by atoms with E-state index in [1.807, 2.05) is 0 Å². The fourth-order valence-corrected chi connectivity index (χ4v) is 1.59. The topological polar surface area (TPSA) is 46.2 Å². The van der Waals surface area contributed by atoms with Gasteiger partial charge in [-0.1, -0.05) is 12.1 Å². The molecule has 0 aromatic heterocycles. The molecule has 0 saturated carbocycles. The molecule has 1 aliphatic rings. The fourth-order valence-electron chi connectivity index (χ4n) is 1.59. The number of hydrogen-bond donors (Lipinski definition) is 1. The lowest BCUT2D eigenvalue weighted by atomic mass is 10.1. The van der Waals surface area contributed by atoms with E-state index in [0.717, 1.165) is 12.1 Å². The van der Waals surface area contributed by atoms with Gasteiger partial charge in [0, 0.05) is 5.57 Å². The van der Waals surface area contributed by atoms with Gasteiger partial charge in [0.25, 0.3) is 5.91 Å². The normalized spacial score (nSPS) is 18.3. The number of imide groups is 1. The van der Waals surface area contributed by atoms with E-state index in [0.29, 0.717) is 5.56 Å². The second-order valence-electron chi connectivity index (χ2n) is 3.84. The van der Waals surface area contributed by atoms with Crippen LogP contribution in [0.3, 0.4) is 0 Å². The number of hydrogen-bond acceptors (Lipinski definition) is 2. The Kier molecular flexibility index (Phi) is 2.94. The van der Waals surface area contributed by atoms with E-state index in [-0.39, 0.29) is 12.0 Å². The van der Waals surface area contributed by atoms with Crippen LogP contribution in [0.2, 0.25) is 0 Å². The number of carbonyl (C=O) groups is 2. The van der Waals surface area contributed by atoms with E-state index in [9.17, 15) is 22.8 Å². The maximum absolute atomic E-state index is 12.3. The average molecular weight is 255 g/mol. The molecule has 1 heterocycles. The molecule has 1 aromatic carbocycles. The van der Waals surface area contributed by atoms with E-state index < -0.39 is 23.6 Å². The SMILES string of the molecule is O=C1C/C(=C\c2ccc(C(F)(F)F)cc2)C(=O)N1. The molecule has 1 aromatic rings. The van der Waals surface area contributed by atoms with Gasteiger partial charge in [0.05, 0.1) is 12.0 Å². The van der Waals surface area contributed by atoms with Gasteiger partial charge < -0.3 is 0 Å². The molecule has 0 unspecified atom stereocenters. The lowest BCUT2D eigenvalue weighted by molar-refractivity contribution is -0.137. The maximum atomic E-state index is 12.3. The zero-order valence-corrected chi connectivity index (χ0v) is 9.04. The molecule has 6 heteroatoms. The predicted molar refractivity (Wildman–Crippen MR) is 57.2 cm³/mol. The van der Waals surface area contributed by atoms with Gasteiger partial charge in [-0.3, -0.25) is 14.9 Å². The standard InChI is InChI=1S/C12H8F3NO2/c13-12(14,15)9-3-1-7(2-4-9)5-8-6-10(17)16-11(8)18/h1-5H,6H2,(H,16,17,18)/b8-5+. The summed E-state index contributed by atoms with van der Waals surface area (Å²) in [5.74, 6) is -0.905. The van der Waals surface area contributed by atoms with Gasteiger partial charge in [-0.2, -0.15) is 13.2 Å². The first-order valence-electron chi connectivity index (χ1n) is 5.08. The molecule has 0 radical (unpaired) electrons. The minimum Gasteiger partial charge on any atom is -0.292 e. The highest BCUT2D eigenvalue weighted by Gasteiger charge is 2.30. The summed E-state index contributed by atoms with van der Waals surface area (Å²) in [6, 6.07) is 4.37. The van der Waals surface area contributed by atoms with Crippen LogP contribution in [0, 0.1) is 0 Å². The number of alkyl halides is 3. The van der Waals surface area contributed by atoms with Crippen molar-refractivity contribution in [1.29, 1.82) is 0 Å². The van der Waals surface area contributed by atoms with Crippen LogP contribution in [0.5, 0.6) is 0 Å². The Morgan fingerprint density at radius 3 is 2.17 bits per heavy atom. The summed E-state index contributed by atoms with van der Waals surface area (Å²) in [6.45, 7) is 0. The molecular formula is C12H8F3NO2. The van der Waals surface area contributed by atoms with Crippen LogP contribution in [0.4, 0.5) is 13.2 Å². The summed E-state index contributed by atoms with van der Waals surface area (Å²) in [5, 5.41) is 2.10. The highest BCUT2D eigenvalue weighted by molar-refractivity contribution is 6.15. The summed E-state index contributed by atoms with van der Waals surface area (Å²) in [4.78, 5) is 22.2. The van der Waals surface area contributed by atoms with Gasteiger partial charge in [0.2, 0.25) is 5.91 Å². The Morgan fingerprint density at radius 2 is 1.72 bits per heavy atom. The van der Waals surface area contributed by atoms with Crippen LogP contribution in [-0.4, -0.2) is 11.8 Å². The number of nitrogens with one attached hydrogen (secondary N) is 1. The van der Waals surface area contributed by atoms with Crippen LogP contribution >= 0.6 is 0 Å². The Balaban J connectivity index is 2.24. The van der Waals surface area contributed by atoms with Gasteiger partial charge in [-0.15, -0.1) is 0 Å². The molecule has 0 spiro atoms. The van der Waals surface area contributed by atoms with Crippen LogP contribution in [-0.2, 0) is 15.8 Å². The number of amides is 2. The Morgan fingerprint density at radius 1 is 1.11 bits per heavy atom. The first-order valence-corrected chi connectivity index (χ1v) is 5.08. The highest BCUT2D eigenvalue weighted by Crippen LogP contribution is 2.29. The quantitative estimate of drug-likeness (QED) is 0.617. The number of halogens is 3. The predicted octanol–water partition coefficient (Wildman–Crippen LogP) is 2.14. The molecule has 94 valence electrons. The molecule has 1 saturated heterocycles. The summed E-state index contributed by atoms with van der Waals surface area (Å²) >= 11 is 0. The largest absolute Gasteiger partial charge is 0.416 e. The fraction of sp³-hybridized carbons (Fsp3) is 0.167. The molecule has 1 fully saturated rings. The Bertz CT molecular complexity index is 529. The molecule has 0 aliphatic carbocycles. The minimum absolute atomic E-state index is 0.0418. The summed E-state index contributed by atoms with van der Waals surface area (Å²) in [7, 11) is 0. The lowest BCUT2D eigenvalue weighted by Crippen LogP contribution is -2.19. The molecular weight excluding hydrogens is 247 g/mol. The van der Waals surface area contributed by atoms with E-state index in [2.05, 4.69) is 5.32 Å². The smallest absolute Gasteiger partial charge is 0.292 e. The third-order valence-corrected chi connectivity index (χ3v) is 2.47. The van der Waals surface area contributed by atoms with E-state index in [1.165, 1.54) is 18.2 Å². The Hall–Kier alpha value is -2.11. The molecule has 18 heavy (non-hydrogen) atoms. The number of benzene rings is 1. The molecule has 1 aliphatic heterocycles. The number of rotatable bonds is 1. The monoisotopic (exact) mass is 255 g/mol. The van der Waals surface area contributed by atoms with E-state index in [4.69, 9.17) is 0 Å². The van der Waals surface area contributed by atoms with Crippen molar-refractivity contribution in [2.24, 2.45) is 0 Å². The van der Waals surface area contributed by atoms with Crippen LogP contribution in [0.1, 0.15) is 17.5 Å². The second kappa shape index (κ2) is 4.29. The molecule has 0 atom stereocenters. The van der Waals surface area contributed by atoms with E-state index >= 15 is 0 Å². The van der Waals surface area contributed by atoms with Crippen molar-refractivity contribution < 1.29 is 22.8 Å². The first-order chi connectivity index (χ1) is 8.36. The molecule has 1 N–H and O–H groups in total. The third kappa shape index (κ3) is 2.58. The van der Waals surface area contributed by atoms with Gasteiger partial charge in [-0.25, -0.2) is 0 Å². The number of carbonyl (C=O) groups excluding carboxylic acids is 2. The van der Waals surface area contributed by atoms with Crippen molar-refractivity contribution in [3.63, 3.8) is 0 Å². The van der Waals surface area contributed by atoms with Gasteiger partial charge in [0.1, 0.15) is 0 Å². The van der Waals surface area contributed by atoms with E-state index in [1.54, 1.807) is 0 Å². The molecule has 0 bridgehead atoms. The van der Waals surface area contributed by atoms with Crippen molar-refractivity contribution in [2.45, 2.75) is 12.6 Å². The Labute approximate surface area is 100 Å². The van der Waals surface area contributed by atoms with Gasteiger partial charge in [-0.05, 0) is 23.8 Å². The van der Waals surface area contributed by atoms with Crippen molar-refractivity contribution in [2.75, 3.05) is 0 Å². The van der Waals surface area contributed by atoms with Crippen LogP contribution in [0.25, 0.3) is 6.08 Å². The van der Waals surface area contributed by atoms with Crippen LogP contribution in [0.15, 0.2) is 29.8 Å². The molecule has 3 nitrogen and oxygen atoms in total. The maximum Gasteiger partial charge on any atom is 0.416 e. The summed E-state index contributed by atoms with van der Waals surface area (Å²) in [5.41, 5.74) is -0.0563. The summed E-state index contributed by atoms with van der Waals surface area (Å²) in [6.07, 6.45) is -3.02. The zero-order valence-electron chi connectivity index (χ0n) is 9.04. The first kappa shape index (κ1) is 12.3. The van der Waals surface area contributed by atoms with Crippen molar-refractivity contribution in [1.82, 2.24) is 5.32 Å². The lowest BCUT2D eigenvalue weighted by Gasteiger charge is -2.06.